The molecule has 0 aromatic heterocycles. The van der Waals surface area contributed by atoms with Gasteiger partial charge in [0.2, 0.25) is 10.0 Å². The van der Waals surface area contributed by atoms with Gasteiger partial charge in [0, 0.05) is 11.6 Å². The number of nitrogen functional groups attached to an aromatic ring is 1. The molecule has 0 aliphatic carbocycles. The lowest BCUT2D eigenvalue weighted by molar-refractivity contribution is -0.139. The molecule has 0 aliphatic heterocycles. The molecule has 2 aromatic carbocycles. The average Bonchev–Trinajstić information content (AvgIpc) is 2.54. The molecule has 0 saturated heterocycles. The number of hydrogen-bond donors (Lipinski definition) is 3. The Balaban J connectivity index is 1.94. The first-order valence-corrected chi connectivity index (χ1v) is 9.12. The van der Waals surface area contributed by atoms with E-state index in [4.69, 9.17) is 27.2 Å². The zero-order chi connectivity index (χ0) is 18.4. The van der Waals surface area contributed by atoms with Crippen LogP contribution in [0.1, 0.15) is 5.56 Å². The number of sulfonamides is 1. The second kappa shape index (κ2) is 8.19. The van der Waals surface area contributed by atoms with Crippen molar-refractivity contribution in [2.45, 2.75) is 11.3 Å². The van der Waals surface area contributed by atoms with Crippen LogP contribution >= 0.6 is 11.6 Å². The number of benzene rings is 2. The van der Waals surface area contributed by atoms with Gasteiger partial charge in [-0.2, -0.15) is 0 Å². The molecule has 0 saturated carbocycles. The normalized spacial score (nSPS) is 11.2. The third kappa shape index (κ3) is 5.63. The Morgan fingerprint density at radius 3 is 2.48 bits per heavy atom. The van der Waals surface area contributed by atoms with E-state index in [1.54, 1.807) is 18.2 Å². The monoisotopic (exact) mass is 384 g/mol. The zero-order valence-corrected chi connectivity index (χ0v) is 14.7. The van der Waals surface area contributed by atoms with Crippen LogP contribution in [-0.2, 0) is 21.2 Å². The number of halogens is 1. The number of carboxylic acids is 1. The van der Waals surface area contributed by atoms with Crippen molar-refractivity contribution in [3.63, 3.8) is 0 Å². The summed E-state index contributed by atoms with van der Waals surface area (Å²) < 4.78 is 31.8. The van der Waals surface area contributed by atoms with E-state index < -0.39 is 22.6 Å². The van der Waals surface area contributed by atoms with Gasteiger partial charge in [-0.15, -0.1) is 0 Å². The molecule has 0 atom stereocenters. The molecule has 0 heterocycles. The van der Waals surface area contributed by atoms with Crippen molar-refractivity contribution in [1.82, 2.24) is 4.72 Å². The Kier molecular flexibility index (Phi) is 6.24. The smallest absolute Gasteiger partial charge is 0.341 e. The van der Waals surface area contributed by atoms with E-state index in [0.717, 1.165) is 5.56 Å². The van der Waals surface area contributed by atoms with E-state index in [2.05, 4.69) is 4.72 Å². The number of anilines is 1. The van der Waals surface area contributed by atoms with Crippen molar-refractivity contribution >= 4 is 33.3 Å². The summed E-state index contributed by atoms with van der Waals surface area (Å²) in [5.41, 5.74) is 6.88. The molecule has 9 heteroatoms. The standard InChI is InChI=1S/C16H17ClN2O5S/c17-12-2-4-13(5-3-12)25(22,23)19-8-7-11-1-6-15(14(18)9-11)24-10-16(20)21/h1-6,9,19H,7-8,10,18H2,(H,20,21). The van der Waals surface area contributed by atoms with Crippen LogP contribution in [-0.4, -0.2) is 32.6 Å². The first kappa shape index (κ1) is 19.0. The number of aliphatic carboxylic acids is 1. The first-order chi connectivity index (χ1) is 11.8. The first-order valence-electron chi connectivity index (χ1n) is 7.26. The van der Waals surface area contributed by atoms with E-state index in [0.29, 0.717) is 17.1 Å². The highest BCUT2D eigenvalue weighted by Gasteiger charge is 2.13. The van der Waals surface area contributed by atoms with Gasteiger partial charge in [0.25, 0.3) is 0 Å². The molecule has 25 heavy (non-hydrogen) atoms. The topological polar surface area (TPSA) is 119 Å². The molecule has 0 fully saturated rings. The molecule has 0 bridgehead atoms. The minimum Gasteiger partial charge on any atom is -0.480 e. The third-order valence-corrected chi connectivity index (χ3v) is 4.98. The van der Waals surface area contributed by atoms with Crippen LogP contribution in [0.5, 0.6) is 5.75 Å². The second-order valence-corrected chi connectivity index (χ2v) is 7.36. The van der Waals surface area contributed by atoms with Crippen LogP contribution in [0.3, 0.4) is 0 Å². The maximum Gasteiger partial charge on any atom is 0.341 e. The number of hydrogen-bond acceptors (Lipinski definition) is 5. The predicted molar refractivity (Wildman–Crippen MR) is 94.3 cm³/mol. The number of ether oxygens (including phenoxy) is 1. The summed E-state index contributed by atoms with van der Waals surface area (Å²) in [5.74, 6) is -0.826. The molecule has 0 radical (unpaired) electrons. The van der Waals surface area contributed by atoms with Gasteiger partial charge in [-0.05, 0) is 48.4 Å². The lowest BCUT2D eigenvalue weighted by Crippen LogP contribution is -2.26. The SMILES string of the molecule is Nc1cc(CCNS(=O)(=O)c2ccc(Cl)cc2)ccc1OCC(=O)O. The summed E-state index contributed by atoms with van der Waals surface area (Å²) in [7, 11) is -3.61. The zero-order valence-electron chi connectivity index (χ0n) is 13.1. The van der Waals surface area contributed by atoms with Crippen LogP contribution in [0, 0.1) is 0 Å². The van der Waals surface area contributed by atoms with Gasteiger partial charge in [0.05, 0.1) is 10.6 Å². The predicted octanol–water partition coefficient (Wildman–Crippen LogP) is 1.91. The highest BCUT2D eigenvalue weighted by atomic mass is 35.5. The number of nitrogens with one attached hydrogen (secondary N) is 1. The van der Waals surface area contributed by atoms with E-state index >= 15 is 0 Å². The Hall–Kier alpha value is -2.29. The molecule has 134 valence electrons. The molecule has 4 N–H and O–H groups in total. The van der Waals surface area contributed by atoms with Crippen LogP contribution < -0.4 is 15.2 Å². The number of rotatable bonds is 8. The van der Waals surface area contributed by atoms with E-state index in [1.807, 2.05) is 0 Å². The lowest BCUT2D eigenvalue weighted by atomic mass is 10.1. The summed E-state index contributed by atoms with van der Waals surface area (Å²) in [5, 5.41) is 9.04. The lowest BCUT2D eigenvalue weighted by Gasteiger charge is -2.10. The Bertz CT molecular complexity index is 853. The van der Waals surface area contributed by atoms with Crippen LogP contribution in [0.25, 0.3) is 0 Å². The van der Waals surface area contributed by atoms with Crippen molar-refractivity contribution in [2.75, 3.05) is 18.9 Å². The van der Waals surface area contributed by atoms with E-state index in [1.165, 1.54) is 24.3 Å². The Morgan fingerprint density at radius 1 is 1.20 bits per heavy atom. The van der Waals surface area contributed by atoms with Crippen molar-refractivity contribution < 1.29 is 23.1 Å². The molecule has 0 unspecified atom stereocenters. The van der Waals surface area contributed by atoms with Crippen LogP contribution in [0.4, 0.5) is 5.69 Å². The van der Waals surface area contributed by atoms with Crippen LogP contribution in [0.2, 0.25) is 5.02 Å². The van der Waals surface area contributed by atoms with Gasteiger partial charge in [0.15, 0.2) is 6.61 Å². The second-order valence-electron chi connectivity index (χ2n) is 5.16. The van der Waals surface area contributed by atoms with Crippen molar-refractivity contribution in [2.24, 2.45) is 0 Å². The van der Waals surface area contributed by atoms with Crippen molar-refractivity contribution in [3.05, 3.63) is 53.1 Å². The van der Waals surface area contributed by atoms with Gasteiger partial charge >= 0.3 is 5.97 Å². The summed E-state index contributed by atoms with van der Waals surface area (Å²) in [6, 6.07) is 10.7. The van der Waals surface area contributed by atoms with Crippen LogP contribution in [0.15, 0.2) is 47.4 Å². The fourth-order valence-corrected chi connectivity index (χ4v) is 3.21. The number of carboxylic acid groups (broad SMARTS) is 1. The summed E-state index contributed by atoms with van der Waals surface area (Å²) in [4.78, 5) is 10.6. The molecular formula is C16H17ClN2O5S. The molecule has 7 nitrogen and oxygen atoms in total. The molecule has 2 aromatic rings. The Morgan fingerprint density at radius 2 is 1.88 bits per heavy atom. The van der Waals surface area contributed by atoms with E-state index in [-0.39, 0.29) is 17.2 Å². The average molecular weight is 385 g/mol. The largest absolute Gasteiger partial charge is 0.480 e. The Labute approximate surface area is 150 Å². The molecule has 0 aliphatic rings. The molecule has 2 rings (SSSR count). The van der Waals surface area contributed by atoms with Crippen molar-refractivity contribution in [3.8, 4) is 5.75 Å². The van der Waals surface area contributed by atoms with Gasteiger partial charge in [0.1, 0.15) is 5.75 Å². The van der Waals surface area contributed by atoms with Gasteiger partial charge in [-0.1, -0.05) is 17.7 Å². The minimum atomic E-state index is -3.61. The maximum atomic E-state index is 12.1. The molecular weight excluding hydrogens is 368 g/mol. The summed E-state index contributed by atoms with van der Waals surface area (Å²) in [6.07, 6.45) is 0.413. The van der Waals surface area contributed by atoms with Gasteiger partial charge in [-0.3, -0.25) is 0 Å². The van der Waals surface area contributed by atoms with E-state index in [9.17, 15) is 13.2 Å². The minimum absolute atomic E-state index is 0.133. The van der Waals surface area contributed by atoms with Crippen molar-refractivity contribution in [1.29, 1.82) is 0 Å². The highest BCUT2D eigenvalue weighted by molar-refractivity contribution is 7.89. The molecule has 0 spiro atoms. The van der Waals surface area contributed by atoms with Gasteiger partial charge < -0.3 is 15.6 Å². The number of nitrogens with two attached hydrogens (primary N) is 1. The maximum absolute atomic E-state index is 12.1. The van der Waals surface area contributed by atoms with Gasteiger partial charge in [-0.25, -0.2) is 17.9 Å². The quantitative estimate of drug-likeness (QED) is 0.598. The number of carbonyl (C=O) groups is 1. The highest BCUT2D eigenvalue weighted by Crippen LogP contribution is 2.22. The third-order valence-electron chi connectivity index (χ3n) is 3.26. The summed E-state index contributed by atoms with van der Waals surface area (Å²) in [6.45, 7) is -0.301. The summed E-state index contributed by atoms with van der Waals surface area (Å²) >= 11 is 5.74. The fraction of sp³-hybridized carbons (Fsp3) is 0.188. The fourth-order valence-electron chi connectivity index (χ4n) is 2.05. The molecule has 0 amide bonds.